The van der Waals surface area contributed by atoms with Gasteiger partial charge in [-0.2, -0.15) is 0 Å². The van der Waals surface area contributed by atoms with Gasteiger partial charge < -0.3 is 20.4 Å². The van der Waals surface area contributed by atoms with E-state index in [4.69, 9.17) is 10.5 Å². The highest BCUT2D eigenvalue weighted by Crippen LogP contribution is 2.22. The Morgan fingerprint density at radius 1 is 1.30 bits per heavy atom. The second-order valence-electron chi connectivity index (χ2n) is 5.52. The number of benzene rings is 1. The SMILES string of the molecule is COc1ccccc1NC(N)=NCc1nnc2n1CCCCC2. The van der Waals surface area contributed by atoms with Crippen LogP contribution >= 0.6 is 0 Å². The number of ether oxygens (including phenoxy) is 1. The summed E-state index contributed by atoms with van der Waals surface area (Å²) in [6.45, 7) is 1.38. The van der Waals surface area contributed by atoms with Crippen molar-refractivity contribution in [2.24, 2.45) is 10.7 Å². The number of guanidine groups is 1. The van der Waals surface area contributed by atoms with Crippen LogP contribution in [0.2, 0.25) is 0 Å². The van der Waals surface area contributed by atoms with Gasteiger partial charge in [0, 0.05) is 13.0 Å². The number of hydrogen-bond donors (Lipinski definition) is 2. The van der Waals surface area contributed by atoms with E-state index in [1.54, 1.807) is 7.11 Å². The lowest BCUT2D eigenvalue weighted by Gasteiger charge is -2.10. The van der Waals surface area contributed by atoms with Gasteiger partial charge in [0.25, 0.3) is 0 Å². The molecule has 0 unspecified atom stereocenters. The average molecular weight is 314 g/mol. The van der Waals surface area contributed by atoms with Crippen molar-refractivity contribution in [2.45, 2.75) is 38.8 Å². The van der Waals surface area contributed by atoms with E-state index >= 15 is 0 Å². The van der Waals surface area contributed by atoms with Crippen LogP contribution in [-0.4, -0.2) is 27.8 Å². The number of methoxy groups -OCH3 is 1. The van der Waals surface area contributed by atoms with Gasteiger partial charge >= 0.3 is 0 Å². The highest BCUT2D eigenvalue weighted by molar-refractivity contribution is 5.93. The minimum absolute atomic E-state index is 0.334. The van der Waals surface area contributed by atoms with Crippen molar-refractivity contribution < 1.29 is 4.74 Å². The number of aliphatic imine (C=N–C) groups is 1. The van der Waals surface area contributed by atoms with Gasteiger partial charge in [0.15, 0.2) is 11.8 Å². The third-order valence-electron chi connectivity index (χ3n) is 3.95. The molecule has 1 aliphatic heterocycles. The lowest BCUT2D eigenvalue weighted by atomic mass is 10.2. The molecule has 3 N–H and O–H groups in total. The Bertz CT molecular complexity index is 694. The topological polar surface area (TPSA) is 90.3 Å². The number of aryl methyl sites for hydroxylation is 1. The molecule has 0 aliphatic carbocycles. The van der Waals surface area contributed by atoms with E-state index in [1.807, 2.05) is 24.3 Å². The van der Waals surface area contributed by atoms with Crippen LogP contribution in [0.25, 0.3) is 0 Å². The molecule has 0 bridgehead atoms. The van der Waals surface area contributed by atoms with Gasteiger partial charge in [0.1, 0.15) is 18.1 Å². The largest absolute Gasteiger partial charge is 0.495 e. The number of nitrogens with one attached hydrogen (secondary N) is 1. The highest BCUT2D eigenvalue weighted by Gasteiger charge is 2.14. The molecule has 122 valence electrons. The molecular weight excluding hydrogens is 292 g/mol. The van der Waals surface area contributed by atoms with Crippen LogP contribution in [0.15, 0.2) is 29.3 Å². The summed E-state index contributed by atoms with van der Waals surface area (Å²) in [5.74, 6) is 2.98. The maximum atomic E-state index is 5.98. The molecule has 7 nitrogen and oxygen atoms in total. The van der Waals surface area contributed by atoms with Crippen molar-refractivity contribution in [3.8, 4) is 5.75 Å². The number of anilines is 1. The van der Waals surface area contributed by atoms with Gasteiger partial charge in [-0.15, -0.1) is 10.2 Å². The Kier molecular flexibility index (Phi) is 4.75. The van der Waals surface area contributed by atoms with Gasteiger partial charge in [-0.3, -0.25) is 0 Å². The van der Waals surface area contributed by atoms with Gasteiger partial charge in [-0.1, -0.05) is 18.6 Å². The van der Waals surface area contributed by atoms with Crippen LogP contribution in [0.4, 0.5) is 5.69 Å². The van der Waals surface area contributed by atoms with E-state index in [9.17, 15) is 0 Å². The molecule has 3 rings (SSSR count). The molecule has 0 atom stereocenters. The number of nitrogens with two attached hydrogens (primary N) is 1. The molecule has 0 radical (unpaired) electrons. The Morgan fingerprint density at radius 3 is 3.04 bits per heavy atom. The highest BCUT2D eigenvalue weighted by atomic mass is 16.5. The molecular formula is C16H22N6O. The van der Waals surface area contributed by atoms with Crippen molar-refractivity contribution in [3.05, 3.63) is 35.9 Å². The number of rotatable bonds is 4. The zero-order chi connectivity index (χ0) is 16.1. The second-order valence-corrected chi connectivity index (χ2v) is 5.52. The van der Waals surface area contributed by atoms with Crippen molar-refractivity contribution in [1.82, 2.24) is 14.8 Å². The van der Waals surface area contributed by atoms with E-state index in [0.29, 0.717) is 12.5 Å². The molecule has 0 saturated carbocycles. The van der Waals surface area contributed by atoms with Crippen molar-refractivity contribution >= 4 is 11.6 Å². The molecule has 2 aromatic rings. The Hall–Kier alpha value is -2.57. The number of aromatic nitrogens is 3. The maximum absolute atomic E-state index is 5.98. The fourth-order valence-corrected chi connectivity index (χ4v) is 2.74. The number of hydrogen-bond acceptors (Lipinski definition) is 4. The van der Waals surface area contributed by atoms with Crippen LogP contribution in [0.5, 0.6) is 5.75 Å². The van der Waals surface area contributed by atoms with Crippen LogP contribution in [-0.2, 0) is 19.5 Å². The lowest BCUT2D eigenvalue weighted by Crippen LogP contribution is -2.23. The summed E-state index contributed by atoms with van der Waals surface area (Å²) in [6.07, 6.45) is 4.57. The Labute approximate surface area is 135 Å². The first kappa shape index (κ1) is 15.3. The molecule has 23 heavy (non-hydrogen) atoms. The van der Waals surface area contributed by atoms with Gasteiger partial charge in [0.2, 0.25) is 0 Å². The molecule has 0 spiro atoms. The van der Waals surface area contributed by atoms with Gasteiger partial charge in [0.05, 0.1) is 12.8 Å². The smallest absolute Gasteiger partial charge is 0.193 e. The maximum Gasteiger partial charge on any atom is 0.193 e. The van der Waals surface area contributed by atoms with E-state index < -0.39 is 0 Å². The second kappa shape index (κ2) is 7.13. The number of para-hydroxylation sites is 2. The fourth-order valence-electron chi connectivity index (χ4n) is 2.74. The first-order valence-corrected chi connectivity index (χ1v) is 7.89. The standard InChI is InChI=1S/C16H22N6O/c1-23-13-8-5-4-7-12(13)19-16(17)18-11-15-21-20-14-9-3-2-6-10-22(14)15/h4-5,7-8H,2-3,6,9-11H2,1H3,(H3,17,18,19). The van der Waals surface area contributed by atoms with Gasteiger partial charge in [-0.25, -0.2) is 4.99 Å². The molecule has 0 fully saturated rings. The fraction of sp³-hybridized carbons (Fsp3) is 0.438. The lowest BCUT2D eigenvalue weighted by molar-refractivity contribution is 0.417. The average Bonchev–Trinajstić information content (AvgIpc) is 2.80. The van der Waals surface area contributed by atoms with Crippen molar-refractivity contribution in [3.63, 3.8) is 0 Å². The predicted octanol–water partition coefficient (Wildman–Crippen LogP) is 1.94. The van der Waals surface area contributed by atoms with E-state index in [0.717, 1.165) is 42.5 Å². The molecule has 0 saturated heterocycles. The zero-order valence-electron chi connectivity index (χ0n) is 13.3. The summed E-state index contributed by atoms with van der Waals surface area (Å²) in [5, 5.41) is 11.6. The predicted molar refractivity (Wildman–Crippen MR) is 89.5 cm³/mol. The minimum Gasteiger partial charge on any atom is -0.495 e. The summed E-state index contributed by atoms with van der Waals surface area (Å²) in [4.78, 5) is 4.38. The summed E-state index contributed by atoms with van der Waals surface area (Å²) in [5.41, 5.74) is 6.77. The normalized spacial score (nSPS) is 14.9. The first-order chi connectivity index (χ1) is 11.3. The first-order valence-electron chi connectivity index (χ1n) is 7.89. The summed E-state index contributed by atoms with van der Waals surface area (Å²) >= 11 is 0. The van der Waals surface area contributed by atoms with E-state index in [1.165, 1.54) is 12.8 Å². The third kappa shape index (κ3) is 3.61. The Balaban J connectivity index is 1.69. The van der Waals surface area contributed by atoms with Crippen LogP contribution < -0.4 is 15.8 Å². The summed E-state index contributed by atoms with van der Waals surface area (Å²) in [6, 6.07) is 7.58. The van der Waals surface area contributed by atoms with E-state index in [-0.39, 0.29) is 0 Å². The molecule has 0 amide bonds. The minimum atomic E-state index is 0.334. The molecule has 7 heteroatoms. The number of fused-ring (bicyclic) bond motifs is 1. The third-order valence-corrected chi connectivity index (χ3v) is 3.95. The summed E-state index contributed by atoms with van der Waals surface area (Å²) < 4.78 is 7.46. The van der Waals surface area contributed by atoms with Crippen LogP contribution in [0, 0.1) is 0 Å². The molecule has 1 aliphatic rings. The zero-order valence-corrected chi connectivity index (χ0v) is 13.3. The van der Waals surface area contributed by atoms with Crippen molar-refractivity contribution in [1.29, 1.82) is 0 Å². The monoisotopic (exact) mass is 314 g/mol. The quantitative estimate of drug-likeness (QED) is 0.665. The van der Waals surface area contributed by atoms with Crippen LogP contribution in [0.3, 0.4) is 0 Å². The molecule has 1 aromatic carbocycles. The van der Waals surface area contributed by atoms with Crippen LogP contribution in [0.1, 0.15) is 30.9 Å². The van der Waals surface area contributed by atoms with E-state index in [2.05, 4.69) is 25.1 Å². The Morgan fingerprint density at radius 2 is 2.17 bits per heavy atom. The van der Waals surface area contributed by atoms with Crippen molar-refractivity contribution in [2.75, 3.05) is 12.4 Å². The summed E-state index contributed by atoms with van der Waals surface area (Å²) in [7, 11) is 1.62. The molecule has 2 heterocycles. The van der Waals surface area contributed by atoms with Gasteiger partial charge in [-0.05, 0) is 25.0 Å². The molecule has 1 aromatic heterocycles. The number of nitrogens with zero attached hydrogens (tertiary/aromatic N) is 4.